The maximum absolute atomic E-state index is 12.3. The number of carbonyl (C=O) groups is 1. The first-order valence-electron chi connectivity index (χ1n) is 8.25. The second-order valence-electron chi connectivity index (χ2n) is 5.95. The van der Waals surface area contributed by atoms with Gasteiger partial charge in [0.2, 0.25) is 5.91 Å². The minimum atomic E-state index is -0.410. The fraction of sp³-hybridized carbons (Fsp3) is 0.438. The fourth-order valence-corrected chi connectivity index (χ4v) is 3.37. The molecule has 0 aliphatic heterocycles. The molecule has 0 aromatic carbocycles. The summed E-state index contributed by atoms with van der Waals surface area (Å²) in [6, 6.07) is 0. The number of rotatable bonds is 7. The van der Waals surface area contributed by atoms with E-state index in [4.69, 9.17) is 0 Å². The van der Waals surface area contributed by atoms with E-state index in [0.29, 0.717) is 37.1 Å². The first-order valence-corrected chi connectivity index (χ1v) is 9.13. The molecular formula is C16H20N6O3S. The minimum absolute atomic E-state index is 0.0359. The van der Waals surface area contributed by atoms with Crippen molar-refractivity contribution in [2.45, 2.75) is 25.8 Å². The predicted octanol–water partition coefficient (Wildman–Crippen LogP) is 0.0293. The van der Waals surface area contributed by atoms with Gasteiger partial charge in [-0.3, -0.25) is 18.7 Å². The summed E-state index contributed by atoms with van der Waals surface area (Å²) in [6.45, 7) is 1.03. The van der Waals surface area contributed by atoms with Crippen LogP contribution in [0, 0.1) is 0 Å². The third-order valence-corrected chi connectivity index (χ3v) is 5.00. The lowest BCUT2D eigenvalue weighted by molar-refractivity contribution is -0.121. The Balaban J connectivity index is 1.57. The number of fused-ring (bicyclic) bond motifs is 1. The van der Waals surface area contributed by atoms with E-state index in [2.05, 4.69) is 15.3 Å². The molecule has 0 atom stereocenters. The van der Waals surface area contributed by atoms with E-state index in [1.54, 1.807) is 29.1 Å². The van der Waals surface area contributed by atoms with Crippen LogP contribution in [-0.2, 0) is 31.9 Å². The van der Waals surface area contributed by atoms with E-state index < -0.39 is 5.69 Å². The highest BCUT2D eigenvalue weighted by Gasteiger charge is 2.14. The molecule has 0 aliphatic rings. The Morgan fingerprint density at radius 2 is 2.04 bits per heavy atom. The number of hydrogen-bond donors (Lipinski definition) is 1. The average molecular weight is 376 g/mol. The van der Waals surface area contributed by atoms with Crippen LogP contribution < -0.4 is 16.6 Å². The van der Waals surface area contributed by atoms with Gasteiger partial charge in [0, 0.05) is 51.6 Å². The number of hydrogen-bond acceptors (Lipinski definition) is 6. The molecule has 0 saturated heterocycles. The number of aromatic nitrogens is 5. The van der Waals surface area contributed by atoms with Gasteiger partial charge in [0.05, 0.1) is 11.3 Å². The molecule has 9 nitrogen and oxygen atoms in total. The molecule has 1 N–H and O–H groups in total. The lowest BCUT2D eigenvalue weighted by Crippen LogP contribution is -2.37. The first kappa shape index (κ1) is 18.1. The van der Waals surface area contributed by atoms with Crippen molar-refractivity contribution in [2.75, 3.05) is 6.54 Å². The van der Waals surface area contributed by atoms with Gasteiger partial charge >= 0.3 is 5.69 Å². The van der Waals surface area contributed by atoms with Gasteiger partial charge in [0.1, 0.15) is 0 Å². The van der Waals surface area contributed by atoms with Crippen LogP contribution in [0.1, 0.15) is 17.8 Å². The predicted molar refractivity (Wildman–Crippen MR) is 98.3 cm³/mol. The van der Waals surface area contributed by atoms with E-state index in [-0.39, 0.29) is 11.5 Å². The average Bonchev–Trinajstić information content (AvgIpc) is 3.28. The van der Waals surface area contributed by atoms with Crippen molar-refractivity contribution in [3.63, 3.8) is 0 Å². The van der Waals surface area contributed by atoms with Gasteiger partial charge in [-0.15, -0.1) is 11.3 Å². The monoisotopic (exact) mass is 376 g/mol. The number of nitrogens with zero attached hydrogens (tertiary/aromatic N) is 5. The molecule has 3 aromatic heterocycles. The lowest BCUT2D eigenvalue weighted by Gasteiger charge is -2.07. The molecule has 0 radical (unpaired) electrons. The van der Waals surface area contributed by atoms with Gasteiger partial charge in [-0.2, -0.15) is 0 Å². The third-order valence-electron chi connectivity index (χ3n) is 4.16. The zero-order chi connectivity index (χ0) is 18.7. The normalized spacial score (nSPS) is 11.2. The van der Waals surface area contributed by atoms with Gasteiger partial charge in [-0.25, -0.2) is 14.8 Å². The number of imidazole rings is 1. The second kappa shape index (κ2) is 7.65. The molecule has 3 rings (SSSR count). The molecule has 10 heteroatoms. The zero-order valence-electron chi connectivity index (χ0n) is 14.6. The molecule has 0 aliphatic carbocycles. The molecule has 0 saturated carbocycles. The summed E-state index contributed by atoms with van der Waals surface area (Å²) in [5, 5.41) is 5.77. The molecular weight excluding hydrogens is 356 g/mol. The van der Waals surface area contributed by atoms with Gasteiger partial charge in [-0.1, -0.05) is 0 Å². The van der Waals surface area contributed by atoms with E-state index in [1.807, 2.05) is 5.38 Å². The third kappa shape index (κ3) is 3.59. The maximum Gasteiger partial charge on any atom is 0.332 e. The molecule has 26 heavy (non-hydrogen) atoms. The smallest absolute Gasteiger partial charge is 0.332 e. The molecule has 138 valence electrons. The maximum atomic E-state index is 12.3. The van der Waals surface area contributed by atoms with Crippen LogP contribution in [0.15, 0.2) is 27.5 Å². The number of thiazole rings is 1. The van der Waals surface area contributed by atoms with E-state index >= 15 is 0 Å². The van der Waals surface area contributed by atoms with Crippen molar-refractivity contribution >= 4 is 28.4 Å². The largest absolute Gasteiger partial charge is 0.356 e. The SMILES string of the molecule is Cn1c(=O)c2c(ncn2CCCC(=O)NCCc2nccs2)n(C)c1=O. The van der Waals surface area contributed by atoms with Crippen molar-refractivity contribution in [1.29, 1.82) is 0 Å². The first-order chi connectivity index (χ1) is 12.5. The van der Waals surface area contributed by atoms with Crippen LogP contribution in [0.25, 0.3) is 11.2 Å². The summed E-state index contributed by atoms with van der Waals surface area (Å²) in [7, 11) is 3.02. The molecule has 0 bridgehead atoms. The van der Waals surface area contributed by atoms with Crippen molar-refractivity contribution in [1.82, 2.24) is 29.0 Å². The minimum Gasteiger partial charge on any atom is -0.356 e. The van der Waals surface area contributed by atoms with E-state index in [9.17, 15) is 14.4 Å². The number of amides is 1. The Kier molecular flexibility index (Phi) is 5.31. The Morgan fingerprint density at radius 1 is 1.23 bits per heavy atom. The van der Waals surface area contributed by atoms with Gasteiger partial charge in [-0.05, 0) is 6.42 Å². The highest BCUT2D eigenvalue weighted by Crippen LogP contribution is 2.07. The van der Waals surface area contributed by atoms with Crippen LogP contribution in [0.5, 0.6) is 0 Å². The zero-order valence-corrected chi connectivity index (χ0v) is 15.5. The number of carbonyl (C=O) groups excluding carboxylic acids is 1. The molecule has 1 amide bonds. The van der Waals surface area contributed by atoms with Crippen molar-refractivity contribution in [2.24, 2.45) is 14.1 Å². The molecule has 0 fully saturated rings. The highest BCUT2D eigenvalue weighted by molar-refractivity contribution is 7.09. The quantitative estimate of drug-likeness (QED) is 0.626. The molecule has 3 heterocycles. The number of aryl methyl sites for hydroxylation is 2. The van der Waals surface area contributed by atoms with Crippen LogP contribution in [-0.4, -0.2) is 36.1 Å². The Bertz CT molecular complexity index is 1030. The lowest BCUT2D eigenvalue weighted by atomic mass is 10.3. The fourth-order valence-electron chi connectivity index (χ4n) is 2.75. The summed E-state index contributed by atoms with van der Waals surface area (Å²) in [4.78, 5) is 44.5. The molecule has 0 unspecified atom stereocenters. The summed E-state index contributed by atoms with van der Waals surface area (Å²) >= 11 is 1.57. The highest BCUT2D eigenvalue weighted by atomic mass is 32.1. The number of nitrogens with one attached hydrogen (secondary N) is 1. The molecule has 0 spiro atoms. The Labute approximate surface area is 152 Å². The van der Waals surface area contributed by atoms with E-state index in [1.165, 1.54) is 17.9 Å². The summed E-state index contributed by atoms with van der Waals surface area (Å²) in [6.07, 6.45) is 4.92. The summed E-state index contributed by atoms with van der Waals surface area (Å²) in [5.74, 6) is -0.0359. The van der Waals surface area contributed by atoms with Crippen molar-refractivity contribution < 1.29 is 4.79 Å². The summed E-state index contributed by atoms with van der Waals surface area (Å²) < 4.78 is 4.10. The van der Waals surface area contributed by atoms with Crippen LogP contribution in [0.3, 0.4) is 0 Å². The Morgan fingerprint density at radius 3 is 2.77 bits per heavy atom. The van der Waals surface area contributed by atoms with Gasteiger partial charge < -0.3 is 9.88 Å². The van der Waals surface area contributed by atoms with Gasteiger partial charge in [0.25, 0.3) is 5.56 Å². The van der Waals surface area contributed by atoms with Crippen LogP contribution in [0.2, 0.25) is 0 Å². The van der Waals surface area contributed by atoms with Crippen molar-refractivity contribution in [3.8, 4) is 0 Å². The second-order valence-corrected chi connectivity index (χ2v) is 6.92. The van der Waals surface area contributed by atoms with Crippen molar-refractivity contribution in [3.05, 3.63) is 43.7 Å². The van der Waals surface area contributed by atoms with E-state index in [0.717, 1.165) is 16.0 Å². The van der Waals surface area contributed by atoms with Gasteiger partial charge in [0.15, 0.2) is 11.2 Å². The van der Waals surface area contributed by atoms with Crippen LogP contribution >= 0.6 is 11.3 Å². The Hall–Kier alpha value is -2.75. The molecule has 3 aromatic rings. The summed E-state index contributed by atoms with van der Waals surface area (Å²) in [5.41, 5.74) is -0.0642. The topological polar surface area (TPSA) is 104 Å². The standard InChI is InChI=1S/C16H20N6O3S/c1-20-14-13(15(24)21(2)16(20)25)22(10-19-14)8-3-4-11(23)17-6-5-12-18-7-9-26-12/h7,9-10H,3-6,8H2,1-2H3,(H,17,23). The van der Waals surface area contributed by atoms with Crippen LogP contribution in [0.4, 0.5) is 0 Å².